The summed E-state index contributed by atoms with van der Waals surface area (Å²) in [5, 5.41) is 11.3. The molecule has 0 radical (unpaired) electrons. The second kappa shape index (κ2) is 11.0. The molecule has 202 valence electrons. The number of fused-ring (bicyclic) bond motifs is 1. The van der Waals surface area contributed by atoms with E-state index in [1.807, 2.05) is 0 Å². The summed E-state index contributed by atoms with van der Waals surface area (Å²) in [5.41, 5.74) is -0.0486. The number of nitro benzene ring substituents is 1. The number of carbonyl (C=O) groups is 2. The Balaban J connectivity index is 1.89. The average Bonchev–Trinajstić information content (AvgIpc) is 3.24. The standard InChI is InChI=1S/C27H24N2O9S/c1-4-36-21-11-13-22(14-12-21)39(34,35)28(26(30)18-6-8-19(9-7-18)29(32)33)20-10-15-24-23(16-20)25(17(3)38-24)27(31)37-5-2/h6-16H,4-5H2,1-3H3. The Kier molecular flexibility index (Phi) is 7.68. The van der Waals surface area contributed by atoms with E-state index in [9.17, 15) is 28.1 Å². The minimum absolute atomic E-state index is 0.0777. The maximum atomic E-state index is 13.9. The largest absolute Gasteiger partial charge is 0.494 e. The van der Waals surface area contributed by atoms with Gasteiger partial charge in [0.15, 0.2) is 0 Å². The molecule has 0 aliphatic rings. The SMILES string of the molecule is CCOC(=O)c1c(C)oc2ccc(N(C(=O)c3ccc([N+](=O)[O-])cc3)S(=O)(=O)c3ccc(OCC)cc3)cc12. The lowest BCUT2D eigenvalue weighted by molar-refractivity contribution is -0.384. The molecular formula is C27H24N2O9S. The van der Waals surface area contributed by atoms with Crippen molar-refractivity contribution >= 4 is 44.2 Å². The molecule has 0 saturated heterocycles. The molecule has 12 heteroatoms. The molecule has 4 rings (SSSR count). The van der Waals surface area contributed by atoms with Crippen LogP contribution in [0.2, 0.25) is 0 Å². The van der Waals surface area contributed by atoms with Crippen molar-refractivity contribution in [3.63, 3.8) is 0 Å². The number of hydrogen-bond acceptors (Lipinski definition) is 9. The van der Waals surface area contributed by atoms with Crippen LogP contribution in [-0.2, 0) is 14.8 Å². The second-order valence-electron chi connectivity index (χ2n) is 8.22. The van der Waals surface area contributed by atoms with Crippen LogP contribution < -0.4 is 9.04 Å². The summed E-state index contributed by atoms with van der Waals surface area (Å²) in [7, 11) is -4.52. The minimum Gasteiger partial charge on any atom is -0.494 e. The fraction of sp³-hybridized carbons (Fsp3) is 0.185. The number of aryl methyl sites for hydroxylation is 1. The zero-order valence-corrected chi connectivity index (χ0v) is 22.1. The third kappa shape index (κ3) is 5.32. The Morgan fingerprint density at radius 1 is 0.974 bits per heavy atom. The Bertz CT molecular complexity index is 1660. The number of hydrogen-bond donors (Lipinski definition) is 0. The third-order valence-corrected chi connectivity index (χ3v) is 7.47. The highest BCUT2D eigenvalue weighted by atomic mass is 32.2. The van der Waals surface area contributed by atoms with Crippen molar-refractivity contribution in [1.82, 2.24) is 0 Å². The van der Waals surface area contributed by atoms with Crippen LogP contribution >= 0.6 is 0 Å². The van der Waals surface area contributed by atoms with Crippen LogP contribution in [0.1, 0.15) is 40.3 Å². The van der Waals surface area contributed by atoms with Gasteiger partial charge in [0.2, 0.25) is 0 Å². The van der Waals surface area contributed by atoms with Gasteiger partial charge in [-0.15, -0.1) is 0 Å². The summed E-state index contributed by atoms with van der Waals surface area (Å²) in [5.74, 6) is -0.910. The minimum atomic E-state index is -4.52. The van der Waals surface area contributed by atoms with Gasteiger partial charge in [-0.3, -0.25) is 14.9 Å². The lowest BCUT2D eigenvalue weighted by Gasteiger charge is -2.23. The number of furan rings is 1. The van der Waals surface area contributed by atoms with Gasteiger partial charge in [-0.25, -0.2) is 13.2 Å². The molecule has 0 fully saturated rings. The Labute approximate surface area is 223 Å². The fourth-order valence-corrected chi connectivity index (χ4v) is 5.38. The van der Waals surface area contributed by atoms with Crippen LogP contribution in [0, 0.1) is 17.0 Å². The van der Waals surface area contributed by atoms with E-state index in [4.69, 9.17) is 13.9 Å². The number of nitrogens with zero attached hydrogens (tertiary/aromatic N) is 2. The summed E-state index contributed by atoms with van der Waals surface area (Å²) < 4.78 is 44.5. The summed E-state index contributed by atoms with van der Waals surface area (Å²) in [6, 6.07) is 14.3. The van der Waals surface area contributed by atoms with Gasteiger partial charge in [-0.05, 0) is 75.4 Å². The number of anilines is 1. The number of rotatable bonds is 9. The Morgan fingerprint density at radius 3 is 2.23 bits per heavy atom. The zero-order valence-electron chi connectivity index (χ0n) is 21.2. The zero-order chi connectivity index (χ0) is 28.3. The number of ether oxygens (including phenoxy) is 2. The van der Waals surface area contributed by atoms with Crippen molar-refractivity contribution in [2.24, 2.45) is 0 Å². The van der Waals surface area contributed by atoms with E-state index in [2.05, 4.69) is 0 Å². The number of esters is 1. The van der Waals surface area contributed by atoms with E-state index in [1.54, 1.807) is 20.8 Å². The molecule has 0 atom stereocenters. The van der Waals surface area contributed by atoms with Gasteiger partial charge in [0.25, 0.3) is 21.6 Å². The fourth-order valence-electron chi connectivity index (χ4n) is 3.98. The van der Waals surface area contributed by atoms with Crippen molar-refractivity contribution in [3.8, 4) is 5.75 Å². The topological polar surface area (TPSA) is 146 Å². The predicted octanol–water partition coefficient (Wildman–Crippen LogP) is 5.26. The van der Waals surface area contributed by atoms with Gasteiger partial charge in [0, 0.05) is 23.1 Å². The van der Waals surface area contributed by atoms with Gasteiger partial charge in [0.05, 0.1) is 28.7 Å². The van der Waals surface area contributed by atoms with Crippen molar-refractivity contribution in [2.45, 2.75) is 25.7 Å². The molecule has 11 nitrogen and oxygen atoms in total. The van der Waals surface area contributed by atoms with E-state index >= 15 is 0 Å². The molecule has 0 aliphatic heterocycles. The van der Waals surface area contributed by atoms with E-state index in [0.29, 0.717) is 22.2 Å². The van der Waals surface area contributed by atoms with Crippen LogP contribution in [0.5, 0.6) is 5.75 Å². The second-order valence-corrected chi connectivity index (χ2v) is 10.0. The molecule has 0 bridgehead atoms. The normalized spacial score (nSPS) is 11.3. The maximum absolute atomic E-state index is 13.9. The quantitative estimate of drug-likeness (QED) is 0.154. The average molecular weight is 553 g/mol. The first-order chi connectivity index (χ1) is 18.6. The van der Waals surface area contributed by atoms with Crippen LogP contribution in [0.3, 0.4) is 0 Å². The maximum Gasteiger partial charge on any atom is 0.342 e. The van der Waals surface area contributed by atoms with Gasteiger partial charge in [-0.1, -0.05) is 0 Å². The van der Waals surface area contributed by atoms with Gasteiger partial charge in [-0.2, -0.15) is 4.31 Å². The van der Waals surface area contributed by atoms with Gasteiger partial charge < -0.3 is 13.9 Å². The number of amides is 1. The lowest BCUT2D eigenvalue weighted by Crippen LogP contribution is -2.37. The molecule has 1 amide bonds. The number of non-ortho nitro benzene ring substituents is 1. The summed E-state index contributed by atoms with van der Waals surface area (Å²) in [6.45, 7) is 5.50. The Morgan fingerprint density at radius 2 is 1.64 bits per heavy atom. The number of nitro groups is 1. The number of benzene rings is 3. The monoisotopic (exact) mass is 552 g/mol. The molecule has 39 heavy (non-hydrogen) atoms. The number of sulfonamides is 1. The first-order valence-corrected chi connectivity index (χ1v) is 13.3. The van der Waals surface area contributed by atoms with Gasteiger partial charge in [0.1, 0.15) is 22.7 Å². The summed E-state index contributed by atoms with van der Waals surface area (Å²) in [6.07, 6.45) is 0. The number of carbonyl (C=O) groups excluding carboxylic acids is 2. The predicted molar refractivity (Wildman–Crippen MR) is 142 cm³/mol. The molecule has 0 saturated carbocycles. The highest BCUT2D eigenvalue weighted by molar-refractivity contribution is 7.93. The smallest absolute Gasteiger partial charge is 0.342 e. The third-order valence-electron chi connectivity index (χ3n) is 5.74. The van der Waals surface area contributed by atoms with Crippen molar-refractivity contribution in [1.29, 1.82) is 0 Å². The van der Waals surface area contributed by atoms with Crippen LogP contribution in [0.4, 0.5) is 11.4 Å². The van der Waals surface area contributed by atoms with Crippen molar-refractivity contribution in [3.05, 3.63) is 93.7 Å². The highest BCUT2D eigenvalue weighted by Crippen LogP contribution is 2.34. The van der Waals surface area contributed by atoms with E-state index < -0.39 is 26.8 Å². The summed E-state index contributed by atoms with van der Waals surface area (Å²) in [4.78, 5) is 36.6. The molecule has 1 heterocycles. The van der Waals surface area contributed by atoms with Crippen molar-refractivity contribution in [2.75, 3.05) is 17.5 Å². The molecule has 0 spiro atoms. The lowest BCUT2D eigenvalue weighted by atomic mass is 10.1. The molecule has 1 aromatic heterocycles. The van der Waals surface area contributed by atoms with Crippen molar-refractivity contribution < 1.29 is 36.8 Å². The van der Waals surface area contributed by atoms with E-state index in [-0.39, 0.29) is 45.2 Å². The summed E-state index contributed by atoms with van der Waals surface area (Å²) >= 11 is 0. The molecule has 3 aromatic carbocycles. The highest BCUT2D eigenvalue weighted by Gasteiger charge is 2.33. The molecule has 0 N–H and O–H groups in total. The van der Waals surface area contributed by atoms with E-state index in [1.165, 1.54) is 54.6 Å². The molecular weight excluding hydrogens is 528 g/mol. The molecule has 0 unspecified atom stereocenters. The van der Waals surface area contributed by atoms with Crippen LogP contribution in [0.15, 0.2) is 76.0 Å². The van der Waals surface area contributed by atoms with Crippen LogP contribution in [0.25, 0.3) is 11.0 Å². The first-order valence-electron chi connectivity index (χ1n) is 11.9. The van der Waals surface area contributed by atoms with Gasteiger partial charge >= 0.3 is 5.97 Å². The van der Waals surface area contributed by atoms with E-state index in [0.717, 1.165) is 12.1 Å². The Hall–Kier alpha value is -4.71. The molecule has 0 aliphatic carbocycles. The first kappa shape index (κ1) is 27.3. The van der Waals surface area contributed by atoms with Crippen LogP contribution in [-0.4, -0.2) is 38.4 Å². The molecule has 4 aromatic rings.